The van der Waals surface area contributed by atoms with E-state index in [1.54, 1.807) is 0 Å². The van der Waals surface area contributed by atoms with E-state index in [1.807, 2.05) is 0 Å². The van der Waals surface area contributed by atoms with Crippen LogP contribution >= 0.6 is 11.6 Å². The molecule has 1 saturated carbocycles. The first-order chi connectivity index (χ1) is 6.22. The maximum Gasteiger partial charge on any atom is 0.221 e. The number of alkyl halides is 1. The summed E-state index contributed by atoms with van der Waals surface area (Å²) in [5.74, 6) is 1.37. The van der Waals surface area contributed by atoms with Gasteiger partial charge in [-0.3, -0.25) is 4.79 Å². The molecule has 13 heavy (non-hydrogen) atoms. The van der Waals surface area contributed by atoms with Crippen LogP contribution in [0.15, 0.2) is 0 Å². The molecule has 0 aromatic carbocycles. The molecule has 1 aliphatic rings. The molecule has 0 unspecified atom stereocenters. The van der Waals surface area contributed by atoms with E-state index in [0.717, 1.165) is 18.8 Å². The lowest BCUT2D eigenvalue weighted by molar-refractivity contribution is -0.121. The fourth-order valence-corrected chi connectivity index (χ4v) is 1.96. The van der Waals surface area contributed by atoms with Gasteiger partial charge in [-0.1, -0.05) is 6.92 Å². The van der Waals surface area contributed by atoms with Crippen molar-refractivity contribution >= 4 is 17.5 Å². The number of nitrogens with one attached hydrogen (secondary N) is 1. The Bertz CT molecular complexity index is 164. The quantitative estimate of drug-likeness (QED) is 0.701. The Hall–Kier alpha value is -0.240. The number of rotatable bonds is 3. The van der Waals surface area contributed by atoms with Crippen molar-refractivity contribution < 1.29 is 4.79 Å². The monoisotopic (exact) mass is 203 g/mol. The summed E-state index contributed by atoms with van der Waals surface area (Å²) < 4.78 is 0. The Morgan fingerprint density at radius 2 is 2.00 bits per heavy atom. The third-order valence-corrected chi connectivity index (χ3v) is 2.89. The zero-order valence-electron chi connectivity index (χ0n) is 8.18. The Labute approximate surface area is 85.0 Å². The minimum atomic E-state index is 0.106. The van der Waals surface area contributed by atoms with Gasteiger partial charge < -0.3 is 5.32 Å². The molecule has 0 aliphatic heterocycles. The lowest BCUT2D eigenvalue weighted by Crippen LogP contribution is -2.37. The van der Waals surface area contributed by atoms with E-state index in [-0.39, 0.29) is 5.91 Å². The highest BCUT2D eigenvalue weighted by Gasteiger charge is 2.19. The predicted octanol–water partition coefficient (Wildman–Crippen LogP) is 2.31. The molecule has 0 heterocycles. The molecule has 0 radical (unpaired) electrons. The van der Waals surface area contributed by atoms with E-state index in [9.17, 15) is 4.79 Å². The molecular formula is C10H18ClNO. The van der Waals surface area contributed by atoms with Crippen molar-refractivity contribution in [1.82, 2.24) is 5.32 Å². The SMILES string of the molecule is CC1CCC(NC(=O)CCCl)CC1. The number of halogens is 1. The predicted molar refractivity (Wildman–Crippen MR) is 54.9 cm³/mol. The highest BCUT2D eigenvalue weighted by molar-refractivity contribution is 6.18. The van der Waals surface area contributed by atoms with E-state index >= 15 is 0 Å². The second kappa shape index (κ2) is 5.48. The van der Waals surface area contributed by atoms with Crippen LogP contribution in [0, 0.1) is 5.92 Å². The Morgan fingerprint density at radius 3 is 2.54 bits per heavy atom. The standard InChI is InChI=1S/C10H18ClNO/c1-8-2-4-9(5-3-8)12-10(13)6-7-11/h8-9H,2-7H2,1H3,(H,12,13). The number of hydrogen-bond donors (Lipinski definition) is 1. The van der Waals surface area contributed by atoms with Crippen molar-refractivity contribution in [3.05, 3.63) is 0 Å². The number of hydrogen-bond acceptors (Lipinski definition) is 1. The summed E-state index contributed by atoms with van der Waals surface area (Å²) in [7, 11) is 0. The summed E-state index contributed by atoms with van der Waals surface area (Å²) in [6, 6.07) is 0.409. The Morgan fingerprint density at radius 1 is 1.38 bits per heavy atom. The molecule has 1 amide bonds. The summed E-state index contributed by atoms with van der Waals surface area (Å²) in [6.07, 6.45) is 5.20. The van der Waals surface area contributed by atoms with Crippen LogP contribution in [0.1, 0.15) is 39.0 Å². The summed E-state index contributed by atoms with van der Waals surface area (Å²) in [4.78, 5) is 11.2. The topological polar surface area (TPSA) is 29.1 Å². The van der Waals surface area contributed by atoms with Gasteiger partial charge in [0.1, 0.15) is 0 Å². The molecule has 0 aromatic heterocycles. The number of amides is 1. The van der Waals surface area contributed by atoms with Crippen LogP contribution in [0.4, 0.5) is 0 Å². The van der Waals surface area contributed by atoms with Crippen LogP contribution < -0.4 is 5.32 Å². The van der Waals surface area contributed by atoms with Crippen molar-refractivity contribution in [2.24, 2.45) is 5.92 Å². The van der Waals surface area contributed by atoms with Gasteiger partial charge >= 0.3 is 0 Å². The van der Waals surface area contributed by atoms with Gasteiger partial charge in [0.05, 0.1) is 0 Å². The van der Waals surface area contributed by atoms with Gasteiger partial charge in [0.2, 0.25) is 5.91 Å². The molecule has 0 aromatic rings. The summed E-state index contributed by atoms with van der Waals surface area (Å²) in [6.45, 7) is 2.27. The molecule has 1 aliphatic carbocycles. The Balaban J connectivity index is 2.18. The van der Waals surface area contributed by atoms with Gasteiger partial charge in [-0.2, -0.15) is 0 Å². The van der Waals surface area contributed by atoms with Crippen molar-refractivity contribution in [2.75, 3.05) is 5.88 Å². The molecule has 1 N–H and O–H groups in total. The molecule has 76 valence electrons. The maximum atomic E-state index is 11.2. The van der Waals surface area contributed by atoms with Gasteiger partial charge in [-0.25, -0.2) is 0 Å². The van der Waals surface area contributed by atoms with Gasteiger partial charge in [-0.05, 0) is 31.6 Å². The molecule has 2 nitrogen and oxygen atoms in total. The molecule has 3 heteroatoms. The summed E-state index contributed by atoms with van der Waals surface area (Å²) in [5.41, 5.74) is 0. The van der Waals surface area contributed by atoms with E-state index < -0.39 is 0 Å². The number of carbonyl (C=O) groups excluding carboxylic acids is 1. The normalized spacial score (nSPS) is 28.5. The maximum absolute atomic E-state index is 11.2. The molecule has 0 bridgehead atoms. The molecular weight excluding hydrogens is 186 g/mol. The minimum absolute atomic E-state index is 0.106. The lowest BCUT2D eigenvalue weighted by Gasteiger charge is -2.26. The van der Waals surface area contributed by atoms with Crippen molar-refractivity contribution in [3.63, 3.8) is 0 Å². The molecule has 0 atom stereocenters. The summed E-state index contributed by atoms with van der Waals surface area (Å²) in [5, 5.41) is 3.02. The Kier molecular flexibility index (Phi) is 4.57. The van der Waals surface area contributed by atoms with Crippen LogP contribution in [0.25, 0.3) is 0 Å². The van der Waals surface area contributed by atoms with Gasteiger partial charge in [-0.15, -0.1) is 11.6 Å². The summed E-state index contributed by atoms with van der Waals surface area (Å²) >= 11 is 5.48. The molecule has 1 fully saturated rings. The van der Waals surface area contributed by atoms with Crippen LogP contribution in [0.5, 0.6) is 0 Å². The third-order valence-electron chi connectivity index (χ3n) is 2.70. The van der Waals surface area contributed by atoms with E-state index in [2.05, 4.69) is 12.2 Å². The van der Waals surface area contributed by atoms with E-state index in [1.165, 1.54) is 12.8 Å². The average Bonchev–Trinajstić information content (AvgIpc) is 2.09. The lowest BCUT2D eigenvalue weighted by atomic mass is 9.87. The average molecular weight is 204 g/mol. The van der Waals surface area contributed by atoms with Crippen LogP contribution in [0.2, 0.25) is 0 Å². The second-order valence-corrected chi connectivity index (χ2v) is 4.34. The van der Waals surface area contributed by atoms with Crippen LogP contribution in [0.3, 0.4) is 0 Å². The highest BCUT2D eigenvalue weighted by Crippen LogP contribution is 2.23. The molecule has 0 spiro atoms. The largest absolute Gasteiger partial charge is 0.353 e. The van der Waals surface area contributed by atoms with Gasteiger partial charge in [0.25, 0.3) is 0 Å². The highest BCUT2D eigenvalue weighted by atomic mass is 35.5. The molecule has 0 saturated heterocycles. The van der Waals surface area contributed by atoms with Crippen LogP contribution in [-0.2, 0) is 4.79 Å². The fourth-order valence-electron chi connectivity index (χ4n) is 1.79. The number of carbonyl (C=O) groups is 1. The second-order valence-electron chi connectivity index (χ2n) is 3.96. The molecule has 1 rings (SSSR count). The smallest absolute Gasteiger partial charge is 0.221 e. The third kappa shape index (κ3) is 3.99. The van der Waals surface area contributed by atoms with Crippen molar-refractivity contribution in [1.29, 1.82) is 0 Å². The van der Waals surface area contributed by atoms with Crippen LogP contribution in [-0.4, -0.2) is 17.8 Å². The first kappa shape index (κ1) is 10.8. The first-order valence-corrected chi connectivity index (χ1v) is 5.61. The minimum Gasteiger partial charge on any atom is -0.353 e. The van der Waals surface area contributed by atoms with E-state index in [0.29, 0.717) is 18.3 Å². The zero-order valence-corrected chi connectivity index (χ0v) is 8.94. The first-order valence-electron chi connectivity index (χ1n) is 5.07. The van der Waals surface area contributed by atoms with Gasteiger partial charge in [0.15, 0.2) is 0 Å². The fraction of sp³-hybridized carbons (Fsp3) is 0.900. The van der Waals surface area contributed by atoms with Gasteiger partial charge in [0, 0.05) is 18.3 Å². The van der Waals surface area contributed by atoms with Crippen molar-refractivity contribution in [2.45, 2.75) is 45.1 Å². The van der Waals surface area contributed by atoms with Crippen molar-refractivity contribution in [3.8, 4) is 0 Å². The van der Waals surface area contributed by atoms with E-state index in [4.69, 9.17) is 11.6 Å². The zero-order chi connectivity index (χ0) is 9.68.